The number of carbonyl (C=O) groups excluding carboxylic acids is 1. The first-order valence-corrected chi connectivity index (χ1v) is 7.38. The SMILES string of the molecule is Cc1c(Cl)cccc1C(=O)NCC(C)(C)CCCCl. The molecule has 0 aromatic heterocycles. The summed E-state index contributed by atoms with van der Waals surface area (Å²) in [5.41, 5.74) is 1.51. The van der Waals surface area contributed by atoms with Gasteiger partial charge in [-0.3, -0.25) is 4.79 Å². The Morgan fingerprint density at radius 2 is 2.05 bits per heavy atom. The lowest BCUT2D eigenvalue weighted by molar-refractivity contribution is 0.0934. The van der Waals surface area contributed by atoms with Crippen LogP contribution in [0.15, 0.2) is 18.2 Å². The number of rotatable bonds is 6. The third-order valence-corrected chi connectivity index (χ3v) is 3.90. The molecule has 2 nitrogen and oxygen atoms in total. The van der Waals surface area contributed by atoms with E-state index in [1.807, 2.05) is 6.92 Å². The Morgan fingerprint density at radius 3 is 2.68 bits per heavy atom. The molecule has 1 aromatic carbocycles. The first-order chi connectivity index (χ1) is 8.87. The zero-order valence-electron chi connectivity index (χ0n) is 11.7. The van der Waals surface area contributed by atoms with Crippen LogP contribution in [0, 0.1) is 12.3 Å². The normalized spacial score (nSPS) is 11.4. The zero-order chi connectivity index (χ0) is 14.5. The van der Waals surface area contributed by atoms with Gasteiger partial charge in [-0.05, 0) is 42.9 Å². The van der Waals surface area contributed by atoms with E-state index >= 15 is 0 Å². The molecule has 1 aromatic rings. The summed E-state index contributed by atoms with van der Waals surface area (Å²) in [6.07, 6.45) is 1.95. The minimum atomic E-state index is -0.0704. The molecule has 0 bridgehead atoms. The van der Waals surface area contributed by atoms with Crippen molar-refractivity contribution in [2.45, 2.75) is 33.6 Å². The Hall–Kier alpha value is -0.730. The fourth-order valence-electron chi connectivity index (χ4n) is 1.90. The molecular weight excluding hydrogens is 281 g/mol. The third-order valence-electron chi connectivity index (χ3n) is 3.23. The maximum atomic E-state index is 12.1. The quantitative estimate of drug-likeness (QED) is 0.774. The molecule has 0 radical (unpaired) electrons. The van der Waals surface area contributed by atoms with Gasteiger partial charge in [0.05, 0.1) is 0 Å². The second kappa shape index (κ2) is 7.16. The van der Waals surface area contributed by atoms with E-state index < -0.39 is 0 Å². The third kappa shape index (κ3) is 5.04. The highest BCUT2D eigenvalue weighted by atomic mass is 35.5. The summed E-state index contributed by atoms with van der Waals surface area (Å²) in [4.78, 5) is 12.1. The molecule has 0 aliphatic rings. The molecular formula is C15H21Cl2NO. The van der Waals surface area contributed by atoms with Gasteiger partial charge in [-0.1, -0.05) is 31.5 Å². The fourth-order valence-corrected chi connectivity index (χ4v) is 2.21. The van der Waals surface area contributed by atoms with Gasteiger partial charge in [0.1, 0.15) is 0 Å². The van der Waals surface area contributed by atoms with Crippen molar-refractivity contribution >= 4 is 29.1 Å². The lowest BCUT2D eigenvalue weighted by atomic mass is 9.88. The molecule has 0 saturated carbocycles. The smallest absolute Gasteiger partial charge is 0.251 e. The molecule has 4 heteroatoms. The monoisotopic (exact) mass is 301 g/mol. The van der Waals surface area contributed by atoms with Crippen molar-refractivity contribution in [2.75, 3.05) is 12.4 Å². The van der Waals surface area contributed by atoms with Gasteiger partial charge < -0.3 is 5.32 Å². The summed E-state index contributed by atoms with van der Waals surface area (Å²) in [6, 6.07) is 5.38. The molecule has 0 fully saturated rings. The number of benzene rings is 1. The zero-order valence-corrected chi connectivity index (χ0v) is 13.2. The molecule has 0 spiro atoms. The Labute approximate surface area is 125 Å². The highest BCUT2D eigenvalue weighted by molar-refractivity contribution is 6.31. The number of hydrogen-bond acceptors (Lipinski definition) is 1. The van der Waals surface area contributed by atoms with Gasteiger partial charge >= 0.3 is 0 Å². The molecule has 106 valence electrons. The predicted molar refractivity (Wildman–Crippen MR) is 82.3 cm³/mol. The Kier molecular flexibility index (Phi) is 6.15. The molecule has 19 heavy (non-hydrogen) atoms. The number of nitrogens with one attached hydrogen (secondary N) is 1. The van der Waals surface area contributed by atoms with Gasteiger partial charge in [-0.15, -0.1) is 11.6 Å². The molecule has 0 aliphatic carbocycles. The fraction of sp³-hybridized carbons (Fsp3) is 0.533. The molecule has 0 unspecified atom stereocenters. The summed E-state index contributed by atoms with van der Waals surface area (Å²) < 4.78 is 0. The minimum Gasteiger partial charge on any atom is -0.351 e. The van der Waals surface area contributed by atoms with Gasteiger partial charge in [0, 0.05) is 23.0 Å². The number of amides is 1. The summed E-state index contributed by atoms with van der Waals surface area (Å²) in [7, 11) is 0. The van der Waals surface area contributed by atoms with Crippen LogP contribution in [0.1, 0.15) is 42.6 Å². The maximum Gasteiger partial charge on any atom is 0.251 e. The first kappa shape index (κ1) is 16.3. The van der Waals surface area contributed by atoms with Crippen LogP contribution in [0.4, 0.5) is 0 Å². The van der Waals surface area contributed by atoms with Crippen LogP contribution < -0.4 is 5.32 Å². The molecule has 1 amide bonds. The van der Waals surface area contributed by atoms with Crippen LogP contribution >= 0.6 is 23.2 Å². The van der Waals surface area contributed by atoms with E-state index in [-0.39, 0.29) is 11.3 Å². The molecule has 0 atom stereocenters. The standard InChI is InChI=1S/C15H21Cl2NO/c1-11-12(6-4-7-13(11)17)14(19)18-10-15(2,3)8-5-9-16/h4,6-7H,5,8-10H2,1-3H3,(H,18,19). The molecule has 0 heterocycles. The number of alkyl halides is 1. The Balaban J connectivity index is 2.63. The summed E-state index contributed by atoms with van der Waals surface area (Å²) >= 11 is 11.7. The van der Waals surface area contributed by atoms with Crippen LogP contribution in [-0.4, -0.2) is 18.3 Å². The summed E-state index contributed by atoms with van der Waals surface area (Å²) in [5, 5.41) is 3.60. The Morgan fingerprint density at radius 1 is 1.37 bits per heavy atom. The minimum absolute atomic E-state index is 0.0526. The topological polar surface area (TPSA) is 29.1 Å². The van der Waals surface area contributed by atoms with E-state index in [1.165, 1.54) is 0 Å². The molecule has 0 aliphatic heterocycles. The van der Waals surface area contributed by atoms with E-state index in [4.69, 9.17) is 23.2 Å². The van der Waals surface area contributed by atoms with E-state index in [9.17, 15) is 4.79 Å². The largest absolute Gasteiger partial charge is 0.351 e. The van der Waals surface area contributed by atoms with Crippen LogP contribution in [0.5, 0.6) is 0 Å². The van der Waals surface area contributed by atoms with Crippen molar-refractivity contribution < 1.29 is 4.79 Å². The lowest BCUT2D eigenvalue weighted by Gasteiger charge is -2.24. The second-order valence-electron chi connectivity index (χ2n) is 5.55. The van der Waals surface area contributed by atoms with Crippen LogP contribution in [0.25, 0.3) is 0 Å². The summed E-state index contributed by atoms with van der Waals surface area (Å²) in [6.45, 7) is 6.75. The molecule has 0 saturated heterocycles. The van der Waals surface area contributed by atoms with E-state index in [0.717, 1.165) is 18.4 Å². The van der Waals surface area contributed by atoms with Crippen molar-refractivity contribution in [1.82, 2.24) is 5.32 Å². The van der Waals surface area contributed by atoms with Crippen LogP contribution in [-0.2, 0) is 0 Å². The van der Waals surface area contributed by atoms with Crippen molar-refractivity contribution in [2.24, 2.45) is 5.41 Å². The van der Waals surface area contributed by atoms with Crippen LogP contribution in [0.2, 0.25) is 5.02 Å². The highest BCUT2D eigenvalue weighted by Crippen LogP contribution is 2.22. The van der Waals surface area contributed by atoms with Crippen LogP contribution in [0.3, 0.4) is 0 Å². The number of halogens is 2. The van der Waals surface area contributed by atoms with Gasteiger partial charge in [-0.25, -0.2) is 0 Å². The average Bonchev–Trinajstić information content (AvgIpc) is 2.37. The van der Waals surface area contributed by atoms with Crippen molar-refractivity contribution in [3.63, 3.8) is 0 Å². The van der Waals surface area contributed by atoms with E-state index in [1.54, 1.807) is 18.2 Å². The van der Waals surface area contributed by atoms with Crippen molar-refractivity contribution in [3.8, 4) is 0 Å². The summed E-state index contributed by atoms with van der Waals surface area (Å²) in [5.74, 6) is 0.587. The van der Waals surface area contributed by atoms with E-state index in [0.29, 0.717) is 23.0 Å². The van der Waals surface area contributed by atoms with E-state index in [2.05, 4.69) is 19.2 Å². The van der Waals surface area contributed by atoms with Crippen molar-refractivity contribution in [3.05, 3.63) is 34.3 Å². The Bertz CT molecular complexity index is 444. The van der Waals surface area contributed by atoms with Gasteiger partial charge in [0.25, 0.3) is 5.91 Å². The van der Waals surface area contributed by atoms with Gasteiger partial charge in [-0.2, -0.15) is 0 Å². The lowest BCUT2D eigenvalue weighted by Crippen LogP contribution is -2.34. The second-order valence-corrected chi connectivity index (χ2v) is 6.34. The number of hydrogen-bond donors (Lipinski definition) is 1. The van der Waals surface area contributed by atoms with Crippen molar-refractivity contribution in [1.29, 1.82) is 0 Å². The predicted octanol–water partition coefficient (Wildman–Crippen LogP) is 4.42. The van der Waals surface area contributed by atoms with Gasteiger partial charge in [0.15, 0.2) is 0 Å². The average molecular weight is 302 g/mol. The molecule has 1 rings (SSSR count). The van der Waals surface area contributed by atoms with Gasteiger partial charge in [0.2, 0.25) is 0 Å². The first-order valence-electron chi connectivity index (χ1n) is 6.47. The maximum absolute atomic E-state index is 12.1. The number of carbonyl (C=O) groups is 1. The molecule has 1 N–H and O–H groups in total. The highest BCUT2D eigenvalue weighted by Gasteiger charge is 2.19.